The molecule has 1 saturated heterocycles. The van der Waals surface area contributed by atoms with Gasteiger partial charge in [-0.1, -0.05) is 6.42 Å². The molecule has 0 spiro atoms. The highest BCUT2D eigenvalue weighted by Gasteiger charge is 2.08. The summed E-state index contributed by atoms with van der Waals surface area (Å²) in [4.78, 5) is 8.28. The summed E-state index contributed by atoms with van der Waals surface area (Å²) in [6.07, 6.45) is 5.32. The van der Waals surface area contributed by atoms with Crippen LogP contribution < -0.4 is 5.32 Å². The SMILES string of the molecule is Cc1ncsc1CCNCCN1CCCCC1. The Morgan fingerprint density at radius 2 is 2.12 bits per heavy atom. The van der Waals surface area contributed by atoms with E-state index in [1.807, 2.05) is 5.51 Å². The standard InChI is InChI=1S/C13H23N3S/c1-12-13(17-11-15-12)5-6-14-7-10-16-8-3-2-4-9-16/h11,14H,2-10H2,1H3. The lowest BCUT2D eigenvalue weighted by molar-refractivity contribution is 0.229. The third-order valence-corrected chi connectivity index (χ3v) is 4.42. The average molecular weight is 253 g/mol. The van der Waals surface area contributed by atoms with Gasteiger partial charge in [-0.2, -0.15) is 0 Å². The van der Waals surface area contributed by atoms with Crippen LogP contribution in [0.4, 0.5) is 0 Å². The van der Waals surface area contributed by atoms with Crippen LogP contribution in [0.5, 0.6) is 0 Å². The summed E-state index contributed by atoms with van der Waals surface area (Å²) in [5.41, 5.74) is 3.14. The number of likely N-dealkylation sites (tertiary alicyclic amines) is 1. The van der Waals surface area contributed by atoms with Crippen molar-refractivity contribution in [2.45, 2.75) is 32.6 Å². The molecule has 1 aliphatic rings. The van der Waals surface area contributed by atoms with Crippen molar-refractivity contribution in [3.8, 4) is 0 Å². The molecule has 0 radical (unpaired) electrons. The van der Waals surface area contributed by atoms with Gasteiger partial charge < -0.3 is 10.2 Å². The number of nitrogens with zero attached hydrogens (tertiary/aromatic N) is 2. The van der Waals surface area contributed by atoms with Crippen molar-refractivity contribution in [2.24, 2.45) is 0 Å². The molecule has 0 unspecified atom stereocenters. The number of piperidine rings is 1. The van der Waals surface area contributed by atoms with Crippen LogP contribution in [-0.4, -0.2) is 42.6 Å². The zero-order chi connectivity index (χ0) is 11.9. The van der Waals surface area contributed by atoms with E-state index in [4.69, 9.17) is 0 Å². The maximum absolute atomic E-state index is 4.27. The Balaban J connectivity index is 1.53. The fourth-order valence-electron chi connectivity index (χ4n) is 2.31. The molecular formula is C13H23N3S. The van der Waals surface area contributed by atoms with Crippen molar-refractivity contribution in [2.75, 3.05) is 32.7 Å². The van der Waals surface area contributed by atoms with Crippen LogP contribution in [0.15, 0.2) is 5.51 Å². The second kappa shape index (κ2) is 7.09. The lowest BCUT2D eigenvalue weighted by Gasteiger charge is -2.26. The van der Waals surface area contributed by atoms with Crippen molar-refractivity contribution < 1.29 is 0 Å². The summed E-state index contributed by atoms with van der Waals surface area (Å²) < 4.78 is 0. The molecule has 2 heterocycles. The summed E-state index contributed by atoms with van der Waals surface area (Å²) in [6, 6.07) is 0. The molecule has 0 aliphatic carbocycles. The van der Waals surface area contributed by atoms with Crippen molar-refractivity contribution in [3.05, 3.63) is 16.1 Å². The smallest absolute Gasteiger partial charge is 0.0797 e. The molecule has 0 amide bonds. The average Bonchev–Trinajstić information content (AvgIpc) is 2.76. The molecule has 17 heavy (non-hydrogen) atoms. The highest BCUT2D eigenvalue weighted by atomic mass is 32.1. The number of rotatable bonds is 6. The van der Waals surface area contributed by atoms with Crippen molar-refractivity contribution in [1.29, 1.82) is 0 Å². The molecule has 1 aromatic heterocycles. The number of aromatic nitrogens is 1. The molecule has 1 fully saturated rings. The van der Waals surface area contributed by atoms with E-state index in [-0.39, 0.29) is 0 Å². The fraction of sp³-hybridized carbons (Fsp3) is 0.769. The summed E-state index contributed by atoms with van der Waals surface area (Å²) in [7, 11) is 0. The molecule has 96 valence electrons. The summed E-state index contributed by atoms with van der Waals surface area (Å²) in [6.45, 7) is 8.11. The summed E-state index contributed by atoms with van der Waals surface area (Å²) in [5.74, 6) is 0. The predicted octanol–water partition coefficient (Wildman–Crippen LogP) is 2.07. The van der Waals surface area contributed by atoms with E-state index < -0.39 is 0 Å². The second-order valence-electron chi connectivity index (χ2n) is 4.76. The van der Waals surface area contributed by atoms with Crippen molar-refractivity contribution in [1.82, 2.24) is 15.2 Å². The van der Waals surface area contributed by atoms with Crippen LogP contribution in [-0.2, 0) is 6.42 Å². The zero-order valence-electron chi connectivity index (χ0n) is 10.7. The van der Waals surface area contributed by atoms with Gasteiger partial charge in [-0.15, -0.1) is 11.3 Å². The van der Waals surface area contributed by atoms with Gasteiger partial charge in [-0.25, -0.2) is 4.98 Å². The van der Waals surface area contributed by atoms with E-state index in [0.717, 1.165) is 19.5 Å². The fourth-order valence-corrected chi connectivity index (χ4v) is 3.09. The topological polar surface area (TPSA) is 28.2 Å². The molecule has 2 rings (SSSR count). The summed E-state index contributed by atoms with van der Waals surface area (Å²) in [5, 5.41) is 3.54. The molecule has 0 atom stereocenters. The Morgan fingerprint density at radius 3 is 2.82 bits per heavy atom. The number of hydrogen-bond donors (Lipinski definition) is 1. The number of aryl methyl sites for hydroxylation is 1. The van der Waals surface area contributed by atoms with Gasteiger partial charge in [0.2, 0.25) is 0 Å². The van der Waals surface area contributed by atoms with Gasteiger partial charge in [0.05, 0.1) is 11.2 Å². The maximum Gasteiger partial charge on any atom is 0.0797 e. The van der Waals surface area contributed by atoms with Gasteiger partial charge in [0.25, 0.3) is 0 Å². The Morgan fingerprint density at radius 1 is 1.29 bits per heavy atom. The Kier molecular flexibility index (Phi) is 5.42. The molecule has 0 aromatic carbocycles. The van der Waals surface area contributed by atoms with Gasteiger partial charge >= 0.3 is 0 Å². The largest absolute Gasteiger partial charge is 0.315 e. The van der Waals surface area contributed by atoms with Gasteiger partial charge in [0.1, 0.15) is 0 Å². The Labute approximate surface area is 108 Å². The van der Waals surface area contributed by atoms with Gasteiger partial charge in [-0.05, 0) is 39.3 Å². The summed E-state index contributed by atoms with van der Waals surface area (Å²) >= 11 is 1.77. The molecule has 4 heteroatoms. The van der Waals surface area contributed by atoms with Gasteiger partial charge in [-0.3, -0.25) is 0 Å². The van der Waals surface area contributed by atoms with Crippen LogP contribution in [0, 0.1) is 6.92 Å². The molecule has 1 aromatic rings. The van der Waals surface area contributed by atoms with Crippen LogP contribution in [0.3, 0.4) is 0 Å². The highest BCUT2D eigenvalue weighted by Crippen LogP contribution is 2.11. The maximum atomic E-state index is 4.27. The normalized spacial score (nSPS) is 17.5. The monoisotopic (exact) mass is 253 g/mol. The van der Waals surface area contributed by atoms with E-state index in [1.54, 1.807) is 11.3 Å². The molecular weight excluding hydrogens is 230 g/mol. The first-order valence-electron chi connectivity index (χ1n) is 6.68. The van der Waals surface area contributed by atoms with Crippen LogP contribution in [0.1, 0.15) is 29.8 Å². The van der Waals surface area contributed by atoms with Crippen LogP contribution in [0.2, 0.25) is 0 Å². The molecule has 1 N–H and O–H groups in total. The van der Waals surface area contributed by atoms with E-state index in [9.17, 15) is 0 Å². The second-order valence-corrected chi connectivity index (χ2v) is 5.70. The first kappa shape index (κ1) is 13.0. The third kappa shape index (κ3) is 4.37. The number of hydrogen-bond acceptors (Lipinski definition) is 4. The number of thiazole rings is 1. The van der Waals surface area contributed by atoms with E-state index in [2.05, 4.69) is 22.1 Å². The van der Waals surface area contributed by atoms with E-state index in [0.29, 0.717) is 0 Å². The van der Waals surface area contributed by atoms with Crippen LogP contribution in [0.25, 0.3) is 0 Å². The Bertz CT molecular complexity index is 318. The van der Waals surface area contributed by atoms with E-state index in [1.165, 1.54) is 49.5 Å². The molecule has 3 nitrogen and oxygen atoms in total. The Hall–Kier alpha value is -0.450. The molecule has 0 bridgehead atoms. The zero-order valence-corrected chi connectivity index (χ0v) is 11.6. The molecule has 1 aliphatic heterocycles. The van der Waals surface area contributed by atoms with E-state index >= 15 is 0 Å². The predicted molar refractivity (Wildman–Crippen MR) is 73.7 cm³/mol. The molecule has 0 saturated carbocycles. The minimum atomic E-state index is 1.08. The minimum absolute atomic E-state index is 1.08. The van der Waals surface area contributed by atoms with Crippen molar-refractivity contribution in [3.63, 3.8) is 0 Å². The first-order chi connectivity index (χ1) is 8.36. The lowest BCUT2D eigenvalue weighted by Crippen LogP contribution is -2.36. The highest BCUT2D eigenvalue weighted by molar-refractivity contribution is 7.09. The van der Waals surface area contributed by atoms with Crippen molar-refractivity contribution >= 4 is 11.3 Å². The van der Waals surface area contributed by atoms with Crippen LogP contribution >= 0.6 is 11.3 Å². The third-order valence-electron chi connectivity index (χ3n) is 3.43. The number of nitrogens with one attached hydrogen (secondary N) is 1. The minimum Gasteiger partial charge on any atom is -0.315 e. The quantitative estimate of drug-likeness (QED) is 0.787. The van der Waals surface area contributed by atoms with Gasteiger partial charge in [0, 0.05) is 24.5 Å². The first-order valence-corrected chi connectivity index (χ1v) is 7.56. The lowest BCUT2D eigenvalue weighted by atomic mass is 10.1. The van der Waals surface area contributed by atoms with Gasteiger partial charge in [0.15, 0.2) is 0 Å².